The number of hydrogen-bond acceptors (Lipinski definition) is 6. The van der Waals surface area contributed by atoms with Crippen LogP contribution in [0.2, 0.25) is 0 Å². The molecule has 1 atom stereocenters. The fraction of sp³-hybridized carbons (Fsp3) is 0.391. The molecule has 0 spiro atoms. The molecule has 31 heavy (non-hydrogen) atoms. The SMILES string of the molecule is CNC(=O)N1N=C(c2ccc(N3CCN(C)CC3)cc2)c2cc(O)c(O)cc2CC1C. The Labute approximate surface area is 182 Å². The summed E-state index contributed by atoms with van der Waals surface area (Å²) in [6.45, 7) is 5.93. The Balaban J connectivity index is 1.75. The highest BCUT2D eigenvalue weighted by atomic mass is 16.3. The number of benzene rings is 2. The zero-order valence-corrected chi connectivity index (χ0v) is 18.2. The summed E-state index contributed by atoms with van der Waals surface area (Å²) in [4.78, 5) is 17.2. The van der Waals surface area contributed by atoms with Crippen molar-refractivity contribution in [3.05, 3.63) is 53.1 Å². The van der Waals surface area contributed by atoms with Gasteiger partial charge in [-0.05, 0) is 50.2 Å². The first-order valence-corrected chi connectivity index (χ1v) is 10.6. The van der Waals surface area contributed by atoms with E-state index in [-0.39, 0.29) is 23.6 Å². The molecule has 2 aromatic carbocycles. The van der Waals surface area contributed by atoms with Crippen LogP contribution in [0.15, 0.2) is 41.5 Å². The highest BCUT2D eigenvalue weighted by Gasteiger charge is 2.28. The van der Waals surface area contributed by atoms with Crippen LogP contribution in [0.1, 0.15) is 23.6 Å². The van der Waals surface area contributed by atoms with Gasteiger partial charge >= 0.3 is 6.03 Å². The molecule has 2 aromatic rings. The monoisotopic (exact) mass is 423 g/mol. The first kappa shape index (κ1) is 21.0. The van der Waals surface area contributed by atoms with Gasteiger partial charge < -0.3 is 25.3 Å². The molecule has 0 aromatic heterocycles. The number of phenolic OH excluding ortho intramolecular Hbond substituents is 2. The fourth-order valence-electron chi connectivity index (χ4n) is 4.14. The molecule has 3 N–H and O–H groups in total. The number of amides is 2. The highest BCUT2D eigenvalue weighted by molar-refractivity contribution is 6.14. The molecule has 0 bridgehead atoms. The Bertz CT molecular complexity index is 997. The summed E-state index contributed by atoms with van der Waals surface area (Å²) < 4.78 is 0. The number of nitrogens with one attached hydrogen (secondary N) is 1. The van der Waals surface area contributed by atoms with Gasteiger partial charge in [0.1, 0.15) is 0 Å². The van der Waals surface area contributed by atoms with Gasteiger partial charge in [-0.15, -0.1) is 0 Å². The molecule has 2 aliphatic heterocycles. The van der Waals surface area contributed by atoms with Gasteiger partial charge in [-0.2, -0.15) is 5.10 Å². The standard InChI is InChI=1S/C23H29N5O3/c1-15-12-17-13-20(29)21(30)14-19(17)22(25-28(15)23(31)24-2)16-4-6-18(7-5-16)27-10-8-26(3)9-11-27/h4-7,13-15,29-30H,8-12H2,1-3H3,(H,24,31). The second-order valence-electron chi connectivity index (χ2n) is 8.24. The molecule has 2 heterocycles. The second-order valence-corrected chi connectivity index (χ2v) is 8.24. The smallest absolute Gasteiger partial charge is 0.337 e. The lowest BCUT2D eigenvalue weighted by Crippen LogP contribution is -2.44. The Morgan fingerprint density at radius 3 is 2.35 bits per heavy atom. The molecule has 0 radical (unpaired) electrons. The number of nitrogens with zero attached hydrogens (tertiary/aromatic N) is 4. The number of likely N-dealkylation sites (N-methyl/N-ethyl adjacent to an activating group) is 1. The average Bonchev–Trinajstić information content (AvgIpc) is 2.90. The number of carbonyl (C=O) groups excluding carboxylic acids is 1. The third-order valence-corrected chi connectivity index (χ3v) is 6.03. The number of aromatic hydroxyl groups is 2. The summed E-state index contributed by atoms with van der Waals surface area (Å²) in [7, 11) is 3.71. The molecule has 164 valence electrons. The lowest BCUT2D eigenvalue weighted by atomic mass is 9.94. The van der Waals surface area contributed by atoms with E-state index in [1.54, 1.807) is 13.1 Å². The van der Waals surface area contributed by atoms with Crippen LogP contribution < -0.4 is 10.2 Å². The first-order valence-electron chi connectivity index (χ1n) is 10.6. The van der Waals surface area contributed by atoms with Crippen molar-refractivity contribution in [2.45, 2.75) is 19.4 Å². The predicted molar refractivity (Wildman–Crippen MR) is 121 cm³/mol. The van der Waals surface area contributed by atoms with Gasteiger partial charge in [0.2, 0.25) is 0 Å². The van der Waals surface area contributed by atoms with Crippen molar-refractivity contribution < 1.29 is 15.0 Å². The second kappa shape index (κ2) is 8.47. The van der Waals surface area contributed by atoms with E-state index in [0.29, 0.717) is 17.7 Å². The van der Waals surface area contributed by atoms with Gasteiger partial charge in [0.15, 0.2) is 11.5 Å². The fourth-order valence-corrected chi connectivity index (χ4v) is 4.14. The zero-order valence-electron chi connectivity index (χ0n) is 18.2. The van der Waals surface area contributed by atoms with E-state index in [4.69, 9.17) is 0 Å². The molecule has 8 nitrogen and oxygen atoms in total. The summed E-state index contributed by atoms with van der Waals surface area (Å²) >= 11 is 0. The lowest BCUT2D eigenvalue weighted by molar-refractivity contribution is 0.184. The Hall–Kier alpha value is -3.26. The van der Waals surface area contributed by atoms with Crippen LogP contribution in [0.3, 0.4) is 0 Å². The maximum Gasteiger partial charge on any atom is 0.337 e. The third-order valence-electron chi connectivity index (χ3n) is 6.03. The van der Waals surface area contributed by atoms with Gasteiger partial charge in [-0.25, -0.2) is 9.80 Å². The molecule has 0 aliphatic carbocycles. The van der Waals surface area contributed by atoms with Crippen LogP contribution >= 0.6 is 0 Å². The van der Waals surface area contributed by atoms with Gasteiger partial charge in [-0.1, -0.05) is 12.1 Å². The minimum Gasteiger partial charge on any atom is -0.504 e. The Kier molecular flexibility index (Phi) is 5.73. The maximum atomic E-state index is 12.5. The molecule has 1 fully saturated rings. The normalized spacial score (nSPS) is 19.5. The van der Waals surface area contributed by atoms with E-state index in [1.807, 2.05) is 19.1 Å². The minimum absolute atomic E-state index is 0.177. The molecule has 4 rings (SSSR count). The number of rotatable bonds is 2. The van der Waals surface area contributed by atoms with Crippen LogP contribution in [0.4, 0.5) is 10.5 Å². The molecule has 2 aliphatic rings. The largest absolute Gasteiger partial charge is 0.504 e. The molecule has 1 unspecified atom stereocenters. The summed E-state index contributed by atoms with van der Waals surface area (Å²) in [5.41, 5.74) is 4.11. The number of urea groups is 1. The van der Waals surface area contributed by atoms with Gasteiger partial charge in [0, 0.05) is 50.0 Å². The van der Waals surface area contributed by atoms with Crippen molar-refractivity contribution in [2.75, 3.05) is 45.2 Å². The van der Waals surface area contributed by atoms with Crippen molar-refractivity contribution in [1.29, 1.82) is 0 Å². The average molecular weight is 424 g/mol. The van der Waals surface area contributed by atoms with Gasteiger partial charge in [-0.3, -0.25) is 0 Å². The van der Waals surface area contributed by atoms with E-state index < -0.39 is 0 Å². The van der Waals surface area contributed by atoms with E-state index in [9.17, 15) is 15.0 Å². The highest BCUT2D eigenvalue weighted by Crippen LogP contribution is 2.33. The summed E-state index contributed by atoms with van der Waals surface area (Å²) in [5, 5.41) is 28.9. The van der Waals surface area contributed by atoms with E-state index in [1.165, 1.54) is 11.1 Å². The number of fused-ring (bicyclic) bond motifs is 1. The molecular weight excluding hydrogens is 394 g/mol. The van der Waals surface area contributed by atoms with Crippen molar-refractivity contribution in [2.24, 2.45) is 5.10 Å². The van der Waals surface area contributed by atoms with Crippen molar-refractivity contribution >= 4 is 17.4 Å². The Morgan fingerprint density at radius 2 is 1.71 bits per heavy atom. The van der Waals surface area contributed by atoms with Crippen LogP contribution in [-0.2, 0) is 6.42 Å². The van der Waals surface area contributed by atoms with Crippen molar-refractivity contribution in [3.8, 4) is 11.5 Å². The molecule has 0 saturated carbocycles. The maximum absolute atomic E-state index is 12.5. The molecule has 1 saturated heterocycles. The summed E-state index contributed by atoms with van der Waals surface area (Å²) in [5.74, 6) is -0.384. The molecule has 2 amide bonds. The quantitative estimate of drug-likeness (QED) is 0.644. The number of hydrogen-bond donors (Lipinski definition) is 3. The van der Waals surface area contributed by atoms with Crippen LogP contribution in [0.5, 0.6) is 11.5 Å². The Morgan fingerprint density at radius 1 is 1.06 bits per heavy atom. The number of phenols is 2. The number of anilines is 1. The minimum atomic E-state index is -0.305. The van der Waals surface area contributed by atoms with Crippen LogP contribution in [0.25, 0.3) is 0 Å². The predicted octanol–water partition coefficient (Wildman–Crippen LogP) is 2.19. The number of piperazine rings is 1. The van der Waals surface area contributed by atoms with Crippen molar-refractivity contribution in [1.82, 2.24) is 15.2 Å². The zero-order chi connectivity index (χ0) is 22.1. The van der Waals surface area contributed by atoms with Gasteiger partial charge in [0.05, 0.1) is 11.8 Å². The van der Waals surface area contributed by atoms with E-state index in [0.717, 1.165) is 43.0 Å². The number of carbonyl (C=O) groups is 1. The first-order chi connectivity index (χ1) is 14.9. The van der Waals surface area contributed by atoms with Crippen LogP contribution in [0, 0.1) is 0 Å². The summed E-state index contributed by atoms with van der Waals surface area (Å²) in [6.07, 6.45) is 0.503. The van der Waals surface area contributed by atoms with Crippen molar-refractivity contribution in [3.63, 3.8) is 0 Å². The molecule has 8 heteroatoms. The van der Waals surface area contributed by atoms with E-state index in [2.05, 4.69) is 39.4 Å². The topological polar surface area (TPSA) is 91.6 Å². The lowest BCUT2D eigenvalue weighted by Gasteiger charge is -2.34. The molecular formula is C23H29N5O3. The summed E-state index contributed by atoms with van der Waals surface area (Å²) in [6, 6.07) is 10.7. The third kappa shape index (κ3) is 4.16. The number of hydrazone groups is 1. The van der Waals surface area contributed by atoms with Gasteiger partial charge in [0.25, 0.3) is 0 Å². The van der Waals surface area contributed by atoms with E-state index >= 15 is 0 Å². The van der Waals surface area contributed by atoms with Crippen LogP contribution in [-0.4, -0.2) is 78.2 Å².